The van der Waals surface area contributed by atoms with Gasteiger partial charge in [0.1, 0.15) is 5.76 Å². The molecule has 4 heteroatoms. The monoisotopic (exact) mass is 252 g/mol. The van der Waals surface area contributed by atoms with Gasteiger partial charge in [-0.2, -0.15) is 0 Å². The molecular formula is C15H12N2O2. The molecule has 1 aromatic carbocycles. The van der Waals surface area contributed by atoms with Crippen molar-refractivity contribution in [1.29, 1.82) is 0 Å². The largest absolute Gasteiger partial charge is 0.467 e. The first-order chi connectivity index (χ1) is 9.33. The number of rotatable bonds is 3. The normalized spacial score (nSPS) is 10.5. The van der Waals surface area contributed by atoms with Crippen molar-refractivity contribution in [2.75, 3.05) is 0 Å². The summed E-state index contributed by atoms with van der Waals surface area (Å²) in [6.07, 6.45) is 5.08. The first kappa shape index (κ1) is 11.5. The number of carbonyl (C=O) groups is 1. The molecule has 94 valence electrons. The Morgan fingerprint density at radius 2 is 2.16 bits per heavy atom. The van der Waals surface area contributed by atoms with Crippen molar-refractivity contribution in [3.63, 3.8) is 0 Å². The Bertz CT molecular complexity index is 705. The lowest BCUT2D eigenvalue weighted by Crippen LogP contribution is -2.22. The summed E-state index contributed by atoms with van der Waals surface area (Å²) in [6.45, 7) is 0.389. The minimum atomic E-state index is -0.116. The van der Waals surface area contributed by atoms with E-state index in [1.807, 2.05) is 24.3 Å². The van der Waals surface area contributed by atoms with Gasteiger partial charge in [-0.15, -0.1) is 0 Å². The zero-order valence-corrected chi connectivity index (χ0v) is 10.2. The van der Waals surface area contributed by atoms with Crippen molar-refractivity contribution in [1.82, 2.24) is 10.3 Å². The van der Waals surface area contributed by atoms with Gasteiger partial charge in [0, 0.05) is 23.3 Å². The van der Waals surface area contributed by atoms with Crippen molar-refractivity contribution in [3.8, 4) is 0 Å². The van der Waals surface area contributed by atoms with Crippen LogP contribution in [0.5, 0.6) is 0 Å². The highest BCUT2D eigenvalue weighted by Crippen LogP contribution is 2.14. The predicted octanol–water partition coefficient (Wildman–Crippen LogP) is 2.76. The minimum absolute atomic E-state index is 0.116. The van der Waals surface area contributed by atoms with Crippen LogP contribution in [-0.4, -0.2) is 10.9 Å². The Labute approximate surface area is 110 Å². The van der Waals surface area contributed by atoms with Gasteiger partial charge in [-0.25, -0.2) is 0 Å². The van der Waals surface area contributed by atoms with Gasteiger partial charge in [0.2, 0.25) is 0 Å². The summed E-state index contributed by atoms with van der Waals surface area (Å²) >= 11 is 0. The summed E-state index contributed by atoms with van der Waals surface area (Å²) in [5.74, 6) is 0.619. The van der Waals surface area contributed by atoms with E-state index in [1.54, 1.807) is 30.8 Å². The number of hydrogen-bond donors (Lipinski definition) is 1. The summed E-state index contributed by atoms with van der Waals surface area (Å²) in [6, 6.07) is 11.1. The van der Waals surface area contributed by atoms with Crippen molar-refractivity contribution in [2.24, 2.45) is 0 Å². The number of aromatic nitrogens is 1. The van der Waals surface area contributed by atoms with Crippen molar-refractivity contribution >= 4 is 16.7 Å². The van der Waals surface area contributed by atoms with Crippen LogP contribution in [0, 0.1) is 0 Å². The second kappa shape index (κ2) is 4.94. The molecule has 0 unspecified atom stereocenters. The standard InChI is InChI=1S/C15H12N2O2/c18-15(17-10-14-2-1-7-19-14)12-3-4-13-9-16-6-5-11(13)8-12/h1-9H,10H2,(H,17,18). The molecule has 19 heavy (non-hydrogen) atoms. The first-order valence-electron chi connectivity index (χ1n) is 5.97. The summed E-state index contributed by atoms with van der Waals surface area (Å²) < 4.78 is 5.17. The topological polar surface area (TPSA) is 55.1 Å². The number of fused-ring (bicyclic) bond motifs is 1. The number of carbonyl (C=O) groups excluding carboxylic acids is 1. The molecule has 2 aromatic heterocycles. The second-order valence-electron chi connectivity index (χ2n) is 4.20. The Kier molecular flexibility index (Phi) is 2.98. The number of hydrogen-bond acceptors (Lipinski definition) is 3. The van der Waals surface area contributed by atoms with Gasteiger partial charge in [-0.3, -0.25) is 9.78 Å². The smallest absolute Gasteiger partial charge is 0.251 e. The van der Waals surface area contributed by atoms with E-state index >= 15 is 0 Å². The summed E-state index contributed by atoms with van der Waals surface area (Å²) in [4.78, 5) is 16.1. The van der Waals surface area contributed by atoms with E-state index in [0.29, 0.717) is 12.1 Å². The van der Waals surface area contributed by atoms with Crippen LogP contribution in [0.1, 0.15) is 16.1 Å². The summed E-state index contributed by atoms with van der Waals surface area (Å²) in [7, 11) is 0. The zero-order chi connectivity index (χ0) is 13.1. The lowest BCUT2D eigenvalue weighted by molar-refractivity contribution is 0.0948. The molecule has 0 fully saturated rings. The second-order valence-corrected chi connectivity index (χ2v) is 4.20. The third-order valence-electron chi connectivity index (χ3n) is 2.91. The SMILES string of the molecule is O=C(NCc1ccco1)c1ccc2cnccc2c1. The van der Waals surface area contributed by atoms with Gasteiger partial charge in [0.05, 0.1) is 12.8 Å². The molecule has 3 rings (SSSR count). The molecular weight excluding hydrogens is 240 g/mol. The molecule has 2 heterocycles. The molecule has 0 saturated carbocycles. The molecule has 4 nitrogen and oxygen atoms in total. The molecule has 0 aliphatic rings. The molecule has 0 radical (unpaired) electrons. The Morgan fingerprint density at radius 3 is 3.00 bits per heavy atom. The molecule has 0 saturated heterocycles. The fourth-order valence-electron chi connectivity index (χ4n) is 1.91. The number of benzene rings is 1. The third-order valence-corrected chi connectivity index (χ3v) is 2.91. The Balaban J connectivity index is 1.77. The average Bonchev–Trinajstić information content (AvgIpc) is 2.97. The summed E-state index contributed by atoms with van der Waals surface area (Å²) in [5.41, 5.74) is 0.630. The molecule has 3 aromatic rings. The Hall–Kier alpha value is -2.62. The average molecular weight is 252 g/mol. The minimum Gasteiger partial charge on any atom is -0.467 e. The van der Waals surface area contributed by atoms with Gasteiger partial charge in [0.15, 0.2) is 0 Å². The van der Waals surface area contributed by atoms with Gasteiger partial charge >= 0.3 is 0 Å². The van der Waals surface area contributed by atoms with Gasteiger partial charge in [-0.05, 0) is 35.7 Å². The van der Waals surface area contributed by atoms with Crippen LogP contribution < -0.4 is 5.32 Å². The molecule has 0 bridgehead atoms. The van der Waals surface area contributed by atoms with E-state index < -0.39 is 0 Å². The van der Waals surface area contributed by atoms with Crippen LogP contribution in [0.3, 0.4) is 0 Å². The number of nitrogens with zero attached hydrogens (tertiary/aromatic N) is 1. The van der Waals surface area contributed by atoms with E-state index in [0.717, 1.165) is 16.5 Å². The maximum atomic E-state index is 12.0. The first-order valence-corrected chi connectivity index (χ1v) is 5.97. The molecule has 1 amide bonds. The lowest BCUT2D eigenvalue weighted by Gasteiger charge is -2.04. The molecule has 1 N–H and O–H groups in total. The van der Waals surface area contributed by atoms with Crippen LogP contribution in [0.25, 0.3) is 10.8 Å². The number of nitrogens with one attached hydrogen (secondary N) is 1. The molecule has 0 aliphatic heterocycles. The van der Waals surface area contributed by atoms with Crippen LogP contribution in [0.2, 0.25) is 0 Å². The maximum absolute atomic E-state index is 12.0. The fraction of sp³-hybridized carbons (Fsp3) is 0.0667. The van der Waals surface area contributed by atoms with Crippen LogP contribution >= 0.6 is 0 Å². The third kappa shape index (κ3) is 2.47. The van der Waals surface area contributed by atoms with Gasteiger partial charge in [-0.1, -0.05) is 6.07 Å². The fourth-order valence-corrected chi connectivity index (χ4v) is 1.91. The molecule has 0 atom stereocenters. The maximum Gasteiger partial charge on any atom is 0.251 e. The van der Waals surface area contributed by atoms with Crippen LogP contribution in [-0.2, 0) is 6.54 Å². The predicted molar refractivity (Wildman–Crippen MR) is 71.6 cm³/mol. The zero-order valence-electron chi connectivity index (χ0n) is 10.2. The summed E-state index contributed by atoms with van der Waals surface area (Å²) in [5, 5.41) is 4.84. The van der Waals surface area contributed by atoms with Crippen molar-refractivity contribution in [2.45, 2.75) is 6.54 Å². The van der Waals surface area contributed by atoms with Gasteiger partial charge in [0.25, 0.3) is 5.91 Å². The van der Waals surface area contributed by atoms with E-state index in [2.05, 4.69) is 10.3 Å². The van der Waals surface area contributed by atoms with Crippen molar-refractivity contribution < 1.29 is 9.21 Å². The highest BCUT2D eigenvalue weighted by molar-refractivity contribution is 5.98. The lowest BCUT2D eigenvalue weighted by atomic mass is 10.1. The van der Waals surface area contributed by atoms with E-state index in [4.69, 9.17) is 4.42 Å². The van der Waals surface area contributed by atoms with Gasteiger partial charge < -0.3 is 9.73 Å². The number of amides is 1. The number of pyridine rings is 1. The Morgan fingerprint density at radius 1 is 1.21 bits per heavy atom. The molecule has 0 spiro atoms. The van der Waals surface area contributed by atoms with E-state index in [9.17, 15) is 4.79 Å². The molecule has 0 aliphatic carbocycles. The van der Waals surface area contributed by atoms with Crippen molar-refractivity contribution in [3.05, 3.63) is 66.4 Å². The quantitative estimate of drug-likeness (QED) is 0.779. The van der Waals surface area contributed by atoms with Crippen LogP contribution in [0.15, 0.2) is 59.5 Å². The van der Waals surface area contributed by atoms with Crippen LogP contribution in [0.4, 0.5) is 0 Å². The highest BCUT2D eigenvalue weighted by atomic mass is 16.3. The van der Waals surface area contributed by atoms with E-state index in [1.165, 1.54) is 0 Å². The highest BCUT2D eigenvalue weighted by Gasteiger charge is 2.06. The van der Waals surface area contributed by atoms with E-state index in [-0.39, 0.29) is 5.91 Å². The number of furan rings is 1.